The van der Waals surface area contributed by atoms with Crippen LogP contribution in [-0.2, 0) is 9.59 Å². The maximum Gasteiger partial charge on any atom is 0.359 e. The number of carboxylic acids is 1. The third-order valence-electron chi connectivity index (χ3n) is 5.20. The number of rotatable bonds is 18. The lowest BCUT2D eigenvalue weighted by Gasteiger charge is -2.24. The minimum atomic E-state index is -0.917. The van der Waals surface area contributed by atoms with E-state index in [4.69, 9.17) is 5.11 Å². The lowest BCUT2D eigenvalue weighted by atomic mass is 10.0. The molecular weight excluding hydrogens is 326 g/mol. The predicted molar refractivity (Wildman–Crippen MR) is 109 cm³/mol. The summed E-state index contributed by atoms with van der Waals surface area (Å²) in [6, 6.07) is 0. The van der Waals surface area contributed by atoms with Crippen LogP contribution in [0.3, 0.4) is 0 Å². The van der Waals surface area contributed by atoms with Crippen molar-refractivity contribution in [2.24, 2.45) is 0 Å². The minimum absolute atomic E-state index is 0.0297. The predicted octanol–water partition coefficient (Wildman–Crippen LogP) is 5.94. The summed E-state index contributed by atoms with van der Waals surface area (Å²) >= 11 is 0. The van der Waals surface area contributed by atoms with Gasteiger partial charge in [0.2, 0.25) is 0 Å². The number of hydrogen-bond donors (Lipinski definition) is 1. The molecule has 0 atom stereocenters. The maximum atomic E-state index is 12.0. The molecule has 0 fully saturated rings. The number of amides is 1. The molecule has 0 radical (unpaired) electrons. The topological polar surface area (TPSA) is 54.4 Å². The van der Waals surface area contributed by atoms with Gasteiger partial charge >= 0.3 is 11.9 Å². The standard InChI is InChI=1S/C22H43NO3/c1-4-5-6-7-8-9-10-11-12-13-14-15-16-17-18-19-21(24)23(2,3)20-22(25)26/h4-20H2,1-3H3/p+1. The highest BCUT2D eigenvalue weighted by atomic mass is 16.4. The lowest BCUT2D eigenvalue weighted by Crippen LogP contribution is -2.48. The van der Waals surface area contributed by atoms with Crippen LogP contribution in [0.25, 0.3) is 0 Å². The Morgan fingerprint density at radius 1 is 0.654 bits per heavy atom. The van der Waals surface area contributed by atoms with E-state index in [0.717, 1.165) is 12.8 Å². The second kappa shape index (κ2) is 16.3. The fourth-order valence-corrected chi connectivity index (χ4v) is 3.38. The summed E-state index contributed by atoms with van der Waals surface area (Å²) in [5, 5.41) is 8.83. The Morgan fingerprint density at radius 3 is 1.35 bits per heavy atom. The number of carbonyl (C=O) groups is 2. The molecule has 154 valence electrons. The van der Waals surface area contributed by atoms with Crippen molar-refractivity contribution in [1.82, 2.24) is 0 Å². The van der Waals surface area contributed by atoms with Crippen LogP contribution in [0.1, 0.15) is 110 Å². The van der Waals surface area contributed by atoms with Crippen molar-refractivity contribution in [1.29, 1.82) is 0 Å². The van der Waals surface area contributed by atoms with Crippen LogP contribution in [0.15, 0.2) is 0 Å². The van der Waals surface area contributed by atoms with Crippen LogP contribution >= 0.6 is 0 Å². The number of likely N-dealkylation sites (N-methyl/N-ethyl adjacent to an activating group) is 1. The summed E-state index contributed by atoms with van der Waals surface area (Å²) in [4.78, 5) is 22.8. The molecule has 0 bridgehead atoms. The van der Waals surface area contributed by atoms with Crippen molar-refractivity contribution >= 4 is 11.9 Å². The number of nitrogens with zero attached hydrogens (tertiary/aromatic N) is 1. The fourth-order valence-electron chi connectivity index (χ4n) is 3.38. The third kappa shape index (κ3) is 15.4. The van der Waals surface area contributed by atoms with E-state index in [1.54, 1.807) is 14.1 Å². The number of hydrogen-bond acceptors (Lipinski definition) is 2. The van der Waals surface area contributed by atoms with E-state index in [0.29, 0.717) is 6.42 Å². The second-order valence-electron chi connectivity index (χ2n) is 8.33. The van der Waals surface area contributed by atoms with Crippen molar-refractivity contribution in [3.8, 4) is 0 Å². The Morgan fingerprint density at radius 2 is 1.00 bits per heavy atom. The Labute approximate surface area is 161 Å². The van der Waals surface area contributed by atoms with Crippen LogP contribution in [-0.4, -0.2) is 42.1 Å². The molecule has 4 nitrogen and oxygen atoms in total. The van der Waals surface area contributed by atoms with Gasteiger partial charge in [0.05, 0.1) is 20.5 Å². The second-order valence-corrected chi connectivity index (χ2v) is 8.33. The van der Waals surface area contributed by atoms with Crippen molar-refractivity contribution in [2.75, 3.05) is 20.6 Å². The highest BCUT2D eigenvalue weighted by Gasteiger charge is 2.28. The molecule has 0 saturated heterocycles. The van der Waals surface area contributed by atoms with Crippen LogP contribution in [0, 0.1) is 0 Å². The summed E-state index contributed by atoms with van der Waals surface area (Å²) in [5.41, 5.74) is 0. The van der Waals surface area contributed by atoms with Gasteiger partial charge < -0.3 is 5.11 Å². The number of quaternary nitrogens is 1. The minimum Gasteiger partial charge on any atom is -0.477 e. The zero-order chi connectivity index (χ0) is 19.7. The van der Waals surface area contributed by atoms with Crippen molar-refractivity contribution in [3.63, 3.8) is 0 Å². The van der Waals surface area contributed by atoms with Crippen LogP contribution in [0.2, 0.25) is 0 Å². The average Bonchev–Trinajstić information content (AvgIpc) is 2.57. The van der Waals surface area contributed by atoms with Crippen LogP contribution in [0.5, 0.6) is 0 Å². The van der Waals surface area contributed by atoms with Crippen molar-refractivity contribution in [2.45, 2.75) is 110 Å². The van der Waals surface area contributed by atoms with Gasteiger partial charge in [0, 0.05) is 0 Å². The zero-order valence-corrected chi connectivity index (χ0v) is 17.7. The quantitative estimate of drug-likeness (QED) is 0.240. The Balaban J connectivity index is 3.34. The smallest absolute Gasteiger partial charge is 0.359 e. The van der Waals surface area contributed by atoms with Gasteiger partial charge in [-0.2, -0.15) is 0 Å². The monoisotopic (exact) mass is 370 g/mol. The van der Waals surface area contributed by atoms with Gasteiger partial charge in [-0.05, 0) is 6.42 Å². The van der Waals surface area contributed by atoms with E-state index < -0.39 is 5.97 Å². The van der Waals surface area contributed by atoms with Crippen molar-refractivity contribution < 1.29 is 19.2 Å². The number of carbonyl (C=O) groups excluding carboxylic acids is 1. The Hall–Kier alpha value is -0.900. The molecule has 0 saturated carbocycles. The molecule has 0 aliphatic carbocycles. The first-order valence-corrected chi connectivity index (χ1v) is 11.0. The molecule has 0 aliphatic rings. The molecule has 1 N–H and O–H groups in total. The number of unbranched alkanes of at least 4 members (excludes halogenated alkanes) is 14. The Kier molecular flexibility index (Phi) is 15.7. The van der Waals surface area contributed by atoms with Gasteiger partial charge in [-0.1, -0.05) is 96.8 Å². The fraction of sp³-hybridized carbons (Fsp3) is 0.909. The highest BCUT2D eigenvalue weighted by molar-refractivity contribution is 5.74. The molecule has 0 spiro atoms. The molecule has 0 unspecified atom stereocenters. The van der Waals surface area contributed by atoms with E-state index in [1.165, 1.54) is 83.5 Å². The summed E-state index contributed by atoms with van der Waals surface area (Å²) in [6.45, 7) is 2.14. The lowest BCUT2D eigenvalue weighted by molar-refractivity contribution is -0.806. The number of carboxylic acid groups (broad SMARTS) is 1. The average molecular weight is 371 g/mol. The Bertz CT molecular complexity index is 366. The highest BCUT2D eigenvalue weighted by Crippen LogP contribution is 2.14. The number of aliphatic carboxylic acids is 1. The zero-order valence-electron chi connectivity index (χ0n) is 17.7. The molecule has 0 rings (SSSR count). The van der Waals surface area contributed by atoms with E-state index in [9.17, 15) is 9.59 Å². The molecule has 0 aromatic heterocycles. The largest absolute Gasteiger partial charge is 0.477 e. The molecule has 0 heterocycles. The summed E-state index contributed by atoms with van der Waals surface area (Å²) in [7, 11) is 3.36. The van der Waals surface area contributed by atoms with Crippen LogP contribution in [0.4, 0.5) is 0 Å². The molecule has 1 amide bonds. The first-order valence-electron chi connectivity index (χ1n) is 11.0. The summed E-state index contributed by atoms with van der Waals surface area (Å²) in [5.74, 6) is -0.887. The third-order valence-corrected chi connectivity index (χ3v) is 5.20. The molecule has 0 aliphatic heterocycles. The normalized spacial score (nSPS) is 11.7. The summed E-state index contributed by atoms with van der Waals surface area (Å²) in [6.07, 6.45) is 20.1. The van der Waals surface area contributed by atoms with Gasteiger partial charge in [0.15, 0.2) is 6.54 Å². The molecular formula is C22H44NO3+. The SMILES string of the molecule is CCCCCCCCCCCCCCCCCC(=O)[N+](C)(C)CC(=O)O. The molecule has 26 heavy (non-hydrogen) atoms. The first kappa shape index (κ1) is 25.1. The van der Waals surface area contributed by atoms with E-state index in [-0.39, 0.29) is 16.9 Å². The van der Waals surface area contributed by atoms with E-state index >= 15 is 0 Å². The van der Waals surface area contributed by atoms with Crippen LogP contribution < -0.4 is 0 Å². The first-order chi connectivity index (χ1) is 12.4. The van der Waals surface area contributed by atoms with Gasteiger partial charge in [-0.3, -0.25) is 4.48 Å². The molecule has 4 heteroatoms. The van der Waals surface area contributed by atoms with E-state index in [2.05, 4.69) is 6.92 Å². The summed E-state index contributed by atoms with van der Waals surface area (Å²) < 4.78 is -0.0477. The molecule has 0 aromatic rings. The van der Waals surface area contributed by atoms with Gasteiger partial charge in [0.1, 0.15) is 0 Å². The van der Waals surface area contributed by atoms with Crippen molar-refractivity contribution in [3.05, 3.63) is 0 Å². The maximum absolute atomic E-state index is 12.0. The van der Waals surface area contributed by atoms with Gasteiger partial charge in [-0.25, -0.2) is 9.59 Å². The van der Waals surface area contributed by atoms with E-state index in [1.807, 2.05) is 0 Å². The van der Waals surface area contributed by atoms with Gasteiger partial charge in [0.25, 0.3) is 0 Å². The molecule has 0 aromatic carbocycles. The van der Waals surface area contributed by atoms with Gasteiger partial charge in [-0.15, -0.1) is 0 Å².